The summed E-state index contributed by atoms with van der Waals surface area (Å²) in [5.41, 5.74) is 3.30. The van der Waals surface area contributed by atoms with Crippen LogP contribution in [0.15, 0.2) is 48.5 Å². The number of halogens is 1. The zero-order chi connectivity index (χ0) is 20.4. The monoisotopic (exact) mass is 395 g/mol. The Morgan fingerprint density at radius 1 is 1.07 bits per heavy atom. The molecular formula is C23H26FN3O2. The summed E-state index contributed by atoms with van der Waals surface area (Å²) in [6.07, 6.45) is 0.262. The number of hydrogen-bond donors (Lipinski definition) is 0. The number of carbonyl (C=O) groups is 2. The molecule has 2 heterocycles. The van der Waals surface area contributed by atoms with Crippen LogP contribution in [-0.4, -0.2) is 54.3 Å². The van der Waals surface area contributed by atoms with Crippen LogP contribution in [0.25, 0.3) is 0 Å². The normalized spacial score (nSPS) is 19.7. The Morgan fingerprint density at radius 3 is 2.48 bits per heavy atom. The van der Waals surface area contributed by atoms with E-state index in [1.807, 2.05) is 4.90 Å². The quantitative estimate of drug-likeness (QED) is 0.800. The Morgan fingerprint density at radius 2 is 1.79 bits per heavy atom. The number of piperazine rings is 1. The van der Waals surface area contributed by atoms with Crippen molar-refractivity contribution < 1.29 is 14.0 Å². The average molecular weight is 395 g/mol. The van der Waals surface area contributed by atoms with Crippen molar-refractivity contribution in [3.63, 3.8) is 0 Å². The van der Waals surface area contributed by atoms with E-state index in [0.29, 0.717) is 26.2 Å². The highest BCUT2D eigenvalue weighted by Crippen LogP contribution is 2.24. The Balaban J connectivity index is 1.32. The molecule has 1 atom stereocenters. The van der Waals surface area contributed by atoms with Gasteiger partial charge in [-0.15, -0.1) is 0 Å². The molecule has 152 valence electrons. The van der Waals surface area contributed by atoms with Crippen molar-refractivity contribution in [1.82, 2.24) is 9.80 Å². The molecule has 2 aliphatic rings. The van der Waals surface area contributed by atoms with Crippen LogP contribution >= 0.6 is 0 Å². The van der Waals surface area contributed by atoms with Gasteiger partial charge in [-0.3, -0.25) is 9.59 Å². The van der Waals surface area contributed by atoms with Gasteiger partial charge in [-0.2, -0.15) is 0 Å². The van der Waals surface area contributed by atoms with Gasteiger partial charge in [0.25, 0.3) is 0 Å². The van der Waals surface area contributed by atoms with Crippen LogP contribution < -0.4 is 4.90 Å². The van der Waals surface area contributed by atoms with E-state index in [4.69, 9.17) is 0 Å². The lowest BCUT2D eigenvalue weighted by Gasteiger charge is -2.37. The van der Waals surface area contributed by atoms with E-state index in [2.05, 4.69) is 36.1 Å². The van der Waals surface area contributed by atoms with Gasteiger partial charge in [-0.05, 0) is 42.3 Å². The summed E-state index contributed by atoms with van der Waals surface area (Å²) in [5.74, 6) is -0.511. The second-order valence-corrected chi connectivity index (χ2v) is 7.95. The molecule has 0 N–H and O–H groups in total. The molecule has 2 amide bonds. The van der Waals surface area contributed by atoms with E-state index in [0.717, 1.165) is 18.7 Å². The fourth-order valence-corrected chi connectivity index (χ4v) is 4.17. The summed E-state index contributed by atoms with van der Waals surface area (Å²) in [6.45, 7) is 5.89. The van der Waals surface area contributed by atoms with Crippen LogP contribution in [0.5, 0.6) is 0 Å². The largest absolute Gasteiger partial charge is 0.368 e. The Hall–Kier alpha value is -2.89. The summed E-state index contributed by atoms with van der Waals surface area (Å²) in [4.78, 5) is 31.3. The first-order valence-corrected chi connectivity index (χ1v) is 10.1. The van der Waals surface area contributed by atoms with Crippen molar-refractivity contribution in [3.05, 3.63) is 65.5 Å². The predicted molar refractivity (Wildman–Crippen MR) is 110 cm³/mol. The number of anilines is 1. The molecule has 2 aromatic rings. The fourth-order valence-electron chi connectivity index (χ4n) is 4.17. The smallest absolute Gasteiger partial charge is 0.228 e. The lowest BCUT2D eigenvalue weighted by Crippen LogP contribution is -2.50. The van der Waals surface area contributed by atoms with Crippen molar-refractivity contribution in [3.8, 4) is 0 Å². The number of rotatable bonds is 4. The number of hydrogen-bond acceptors (Lipinski definition) is 3. The van der Waals surface area contributed by atoms with Gasteiger partial charge in [-0.1, -0.05) is 24.3 Å². The number of aryl methyl sites for hydroxylation is 1. The van der Waals surface area contributed by atoms with Crippen molar-refractivity contribution >= 4 is 17.5 Å². The van der Waals surface area contributed by atoms with Gasteiger partial charge in [0, 0.05) is 51.4 Å². The van der Waals surface area contributed by atoms with Crippen LogP contribution in [0, 0.1) is 18.7 Å². The zero-order valence-electron chi connectivity index (χ0n) is 16.7. The standard InChI is InChI=1S/C23H26FN3O2/c1-17-3-2-4-21(13-17)25-9-11-26(12-10-25)23(29)19-14-22(28)27(16-19)15-18-5-7-20(24)8-6-18/h2-8,13,19H,9-12,14-16H2,1H3. The third-order valence-electron chi connectivity index (χ3n) is 5.81. The molecule has 0 radical (unpaired) electrons. The van der Waals surface area contributed by atoms with E-state index in [1.54, 1.807) is 17.0 Å². The molecule has 1 unspecified atom stereocenters. The van der Waals surface area contributed by atoms with Crippen molar-refractivity contribution in [2.24, 2.45) is 5.92 Å². The maximum Gasteiger partial charge on any atom is 0.228 e. The summed E-state index contributed by atoms with van der Waals surface area (Å²) in [5, 5.41) is 0. The lowest BCUT2D eigenvalue weighted by atomic mass is 10.1. The number of carbonyl (C=O) groups excluding carboxylic acids is 2. The topological polar surface area (TPSA) is 43.9 Å². The minimum Gasteiger partial charge on any atom is -0.368 e. The number of benzene rings is 2. The molecular weight excluding hydrogens is 369 g/mol. The van der Waals surface area contributed by atoms with Crippen LogP contribution in [-0.2, 0) is 16.1 Å². The molecule has 2 saturated heterocycles. The zero-order valence-corrected chi connectivity index (χ0v) is 16.7. The van der Waals surface area contributed by atoms with E-state index in [9.17, 15) is 14.0 Å². The molecule has 0 spiro atoms. The molecule has 6 heteroatoms. The molecule has 2 aromatic carbocycles. The molecule has 0 aliphatic carbocycles. The first-order chi connectivity index (χ1) is 14.0. The predicted octanol–water partition coefficient (Wildman–Crippen LogP) is 2.83. The number of amides is 2. The lowest BCUT2D eigenvalue weighted by molar-refractivity contribution is -0.136. The summed E-state index contributed by atoms with van der Waals surface area (Å²) in [6, 6.07) is 14.6. The highest BCUT2D eigenvalue weighted by atomic mass is 19.1. The van der Waals surface area contributed by atoms with Crippen LogP contribution in [0.1, 0.15) is 17.5 Å². The summed E-state index contributed by atoms with van der Waals surface area (Å²) in [7, 11) is 0. The second-order valence-electron chi connectivity index (χ2n) is 7.95. The molecule has 4 rings (SSSR count). The summed E-state index contributed by atoms with van der Waals surface area (Å²) < 4.78 is 13.1. The molecule has 0 saturated carbocycles. The van der Waals surface area contributed by atoms with Gasteiger partial charge >= 0.3 is 0 Å². The third kappa shape index (κ3) is 4.42. The van der Waals surface area contributed by atoms with Crippen molar-refractivity contribution in [2.45, 2.75) is 19.9 Å². The molecule has 2 fully saturated rings. The molecule has 0 bridgehead atoms. The average Bonchev–Trinajstić information content (AvgIpc) is 3.09. The van der Waals surface area contributed by atoms with Crippen LogP contribution in [0.4, 0.5) is 10.1 Å². The minimum atomic E-state index is -0.292. The van der Waals surface area contributed by atoms with Gasteiger partial charge in [0.1, 0.15) is 5.82 Å². The van der Waals surface area contributed by atoms with E-state index < -0.39 is 0 Å². The molecule has 0 aromatic heterocycles. The summed E-state index contributed by atoms with van der Waals surface area (Å²) >= 11 is 0. The van der Waals surface area contributed by atoms with Crippen LogP contribution in [0.3, 0.4) is 0 Å². The van der Waals surface area contributed by atoms with Gasteiger partial charge in [0.2, 0.25) is 11.8 Å². The molecule has 2 aliphatic heterocycles. The number of likely N-dealkylation sites (tertiary alicyclic amines) is 1. The first kappa shape index (κ1) is 19.4. The molecule has 5 nitrogen and oxygen atoms in total. The highest BCUT2D eigenvalue weighted by molar-refractivity contribution is 5.89. The Kier molecular flexibility index (Phi) is 5.51. The fraction of sp³-hybridized carbons (Fsp3) is 0.391. The minimum absolute atomic E-state index is 0.00827. The van der Waals surface area contributed by atoms with E-state index in [-0.39, 0.29) is 30.0 Å². The highest BCUT2D eigenvalue weighted by Gasteiger charge is 2.37. The second kappa shape index (κ2) is 8.23. The first-order valence-electron chi connectivity index (χ1n) is 10.1. The van der Waals surface area contributed by atoms with E-state index >= 15 is 0 Å². The third-order valence-corrected chi connectivity index (χ3v) is 5.81. The maximum atomic E-state index is 13.1. The number of nitrogens with zero attached hydrogens (tertiary/aromatic N) is 3. The van der Waals surface area contributed by atoms with Gasteiger partial charge < -0.3 is 14.7 Å². The van der Waals surface area contributed by atoms with E-state index in [1.165, 1.54) is 23.4 Å². The maximum absolute atomic E-state index is 13.1. The molecule has 29 heavy (non-hydrogen) atoms. The van der Waals surface area contributed by atoms with Crippen LogP contribution in [0.2, 0.25) is 0 Å². The van der Waals surface area contributed by atoms with Gasteiger partial charge in [-0.25, -0.2) is 4.39 Å². The van der Waals surface area contributed by atoms with Gasteiger partial charge in [0.15, 0.2) is 0 Å². The van der Waals surface area contributed by atoms with Crippen molar-refractivity contribution in [1.29, 1.82) is 0 Å². The van der Waals surface area contributed by atoms with Crippen molar-refractivity contribution in [2.75, 3.05) is 37.6 Å². The Bertz CT molecular complexity index is 891. The SMILES string of the molecule is Cc1cccc(N2CCN(C(=O)C3CC(=O)N(Cc4ccc(F)cc4)C3)CC2)c1. The Labute approximate surface area is 170 Å². The van der Waals surface area contributed by atoms with Gasteiger partial charge in [0.05, 0.1) is 5.92 Å².